The highest BCUT2D eigenvalue weighted by atomic mass is 32.2. The van der Waals surface area contributed by atoms with Gasteiger partial charge in [-0.1, -0.05) is 43.7 Å². The van der Waals surface area contributed by atoms with Crippen molar-refractivity contribution >= 4 is 46.3 Å². The van der Waals surface area contributed by atoms with Crippen molar-refractivity contribution in [2.75, 3.05) is 0 Å². The highest BCUT2D eigenvalue weighted by molar-refractivity contribution is 8.26. The highest BCUT2D eigenvalue weighted by Crippen LogP contribution is 2.34. The lowest BCUT2D eigenvalue weighted by atomic mass is 10.1. The number of nitrogens with zero attached hydrogens (tertiary/aromatic N) is 2. The van der Waals surface area contributed by atoms with Crippen LogP contribution in [0.1, 0.15) is 31.7 Å². The third-order valence-corrected chi connectivity index (χ3v) is 4.57. The summed E-state index contributed by atoms with van der Waals surface area (Å²) in [4.78, 5) is 29.3. The SMILES string of the molecule is CCCC[C@H](C(=O)[O-])N1C(=O)/C(=C/c2ccncc2)SC1=S. The second-order valence-electron chi connectivity index (χ2n) is 4.81. The number of pyridine rings is 1. The van der Waals surface area contributed by atoms with Crippen LogP contribution in [0, 0.1) is 0 Å². The van der Waals surface area contributed by atoms with Gasteiger partial charge in [0.15, 0.2) is 0 Å². The van der Waals surface area contributed by atoms with Gasteiger partial charge in [0.1, 0.15) is 4.32 Å². The predicted octanol–water partition coefficient (Wildman–Crippen LogP) is 1.59. The molecule has 0 spiro atoms. The zero-order chi connectivity index (χ0) is 16.1. The van der Waals surface area contributed by atoms with Gasteiger partial charge >= 0.3 is 0 Å². The molecule has 2 rings (SSSR count). The molecule has 2 heterocycles. The van der Waals surface area contributed by atoms with Gasteiger partial charge in [0.2, 0.25) is 0 Å². The zero-order valence-electron chi connectivity index (χ0n) is 12.0. The molecule has 1 amide bonds. The number of carbonyl (C=O) groups is 2. The second-order valence-corrected chi connectivity index (χ2v) is 6.49. The Balaban J connectivity index is 2.24. The lowest BCUT2D eigenvalue weighted by Crippen LogP contribution is -2.49. The number of hydrogen-bond donors (Lipinski definition) is 0. The fourth-order valence-electron chi connectivity index (χ4n) is 2.11. The first-order chi connectivity index (χ1) is 10.5. The fraction of sp³-hybridized carbons (Fsp3) is 0.333. The predicted molar refractivity (Wildman–Crippen MR) is 87.6 cm³/mol. The summed E-state index contributed by atoms with van der Waals surface area (Å²) in [5, 5.41) is 11.3. The van der Waals surface area contributed by atoms with E-state index in [0.29, 0.717) is 17.7 Å². The number of hydrogen-bond acceptors (Lipinski definition) is 6. The minimum absolute atomic E-state index is 0.260. The summed E-state index contributed by atoms with van der Waals surface area (Å²) in [5.41, 5.74) is 0.814. The number of thiocarbonyl (C=S) groups is 1. The molecule has 0 saturated carbocycles. The number of unbranched alkanes of at least 4 members (excludes halogenated alkanes) is 1. The molecule has 1 aliphatic heterocycles. The maximum atomic E-state index is 12.5. The van der Waals surface area contributed by atoms with Crippen molar-refractivity contribution in [3.63, 3.8) is 0 Å². The van der Waals surface area contributed by atoms with Crippen molar-refractivity contribution in [3.05, 3.63) is 35.0 Å². The molecule has 0 aliphatic carbocycles. The van der Waals surface area contributed by atoms with Crippen LogP contribution in [-0.4, -0.2) is 32.1 Å². The van der Waals surface area contributed by atoms with Crippen molar-refractivity contribution in [1.29, 1.82) is 0 Å². The summed E-state index contributed by atoms with van der Waals surface area (Å²) in [7, 11) is 0. The molecule has 0 radical (unpaired) electrons. The molecular weight excluding hydrogens is 320 g/mol. The molecule has 1 aromatic heterocycles. The van der Waals surface area contributed by atoms with Gasteiger partial charge in [-0.25, -0.2) is 0 Å². The van der Waals surface area contributed by atoms with E-state index in [1.807, 2.05) is 6.92 Å². The van der Waals surface area contributed by atoms with Crippen LogP contribution in [0.25, 0.3) is 6.08 Å². The summed E-state index contributed by atoms with van der Waals surface area (Å²) in [5.74, 6) is -1.65. The Morgan fingerprint density at radius 3 is 2.77 bits per heavy atom. The highest BCUT2D eigenvalue weighted by Gasteiger charge is 2.37. The molecule has 0 N–H and O–H groups in total. The van der Waals surface area contributed by atoms with Crippen LogP contribution in [0.3, 0.4) is 0 Å². The minimum atomic E-state index is -1.27. The molecule has 0 aromatic carbocycles. The molecular formula is C15H15N2O3S2-. The van der Waals surface area contributed by atoms with Crippen molar-refractivity contribution in [1.82, 2.24) is 9.88 Å². The smallest absolute Gasteiger partial charge is 0.266 e. The third kappa shape index (κ3) is 3.72. The summed E-state index contributed by atoms with van der Waals surface area (Å²) < 4.78 is 0.260. The van der Waals surface area contributed by atoms with Crippen LogP contribution >= 0.6 is 24.0 Å². The van der Waals surface area contributed by atoms with Gasteiger partial charge in [0, 0.05) is 12.4 Å². The Hall–Kier alpha value is -1.73. The summed E-state index contributed by atoms with van der Waals surface area (Å²) >= 11 is 6.29. The standard InChI is InChI=1S/C15H16N2O3S2/c1-2-3-4-11(14(19)20)17-13(18)12(22-15(17)21)9-10-5-7-16-8-6-10/h5-9,11H,2-4H2,1H3,(H,19,20)/p-1/b12-9-/t11-/m1/s1. The quantitative estimate of drug-likeness (QED) is 0.581. The first-order valence-electron chi connectivity index (χ1n) is 6.92. The topological polar surface area (TPSA) is 73.3 Å². The Labute approximate surface area is 138 Å². The van der Waals surface area contributed by atoms with E-state index in [4.69, 9.17) is 12.2 Å². The van der Waals surface area contributed by atoms with E-state index in [1.54, 1.807) is 30.6 Å². The third-order valence-electron chi connectivity index (χ3n) is 3.24. The molecule has 1 aliphatic rings. The Kier molecular flexibility index (Phi) is 5.68. The monoisotopic (exact) mass is 335 g/mol. The molecule has 1 fully saturated rings. The van der Waals surface area contributed by atoms with Crippen LogP contribution in [0.2, 0.25) is 0 Å². The summed E-state index contributed by atoms with van der Waals surface area (Å²) in [6.45, 7) is 1.96. The second kappa shape index (κ2) is 7.51. The summed E-state index contributed by atoms with van der Waals surface area (Å²) in [6.07, 6.45) is 6.81. The first kappa shape index (κ1) is 16.6. The van der Waals surface area contributed by atoms with E-state index in [2.05, 4.69) is 4.98 Å². The number of carboxylic acids is 1. The van der Waals surface area contributed by atoms with E-state index in [1.165, 1.54) is 0 Å². The number of aromatic nitrogens is 1. The lowest BCUT2D eigenvalue weighted by molar-refractivity contribution is -0.310. The van der Waals surface area contributed by atoms with E-state index >= 15 is 0 Å². The van der Waals surface area contributed by atoms with E-state index in [9.17, 15) is 14.7 Å². The average molecular weight is 335 g/mol. The number of amides is 1. The molecule has 1 aromatic rings. The molecule has 0 bridgehead atoms. The van der Waals surface area contributed by atoms with Gasteiger partial charge in [-0.3, -0.25) is 14.7 Å². The Bertz CT molecular complexity index is 616. The van der Waals surface area contributed by atoms with Crippen molar-refractivity contribution in [3.8, 4) is 0 Å². The molecule has 0 unspecified atom stereocenters. The summed E-state index contributed by atoms with van der Waals surface area (Å²) in [6, 6.07) is 2.52. The van der Waals surface area contributed by atoms with Gasteiger partial charge in [-0.15, -0.1) is 0 Å². The Morgan fingerprint density at radius 1 is 1.50 bits per heavy atom. The van der Waals surface area contributed by atoms with E-state index < -0.39 is 12.0 Å². The largest absolute Gasteiger partial charge is 0.548 e. The van der Waals surface area contributed by atoms with E-state index in [0.717, 1.165) is 28.6 Å². The van der Waals surface area contributed by atoms with Gasteiger partial charge in [-0.2, -0.15) is 0 Å². The minimum Gasteiger partial charge on any atom is -0.548 e. The van der Waals surface area contributed by atoms with Crippen LogP contribution in [0.5, 0.6) is 0 Å². The molecule has 22 heavy (non-hydrogen) atoms. The number of aliphatic carboxylic acids is 1. The van der Waals surface area contributed by atoms with Crippen molar-refractivity contribution < 1.29 is 14.7 Å². The molecule has 116 valence electrons. The van der Waals surface area contributed by atoms with Gasteiger partial charge < -0.3 is 9.90 Å². The maximum absolute atomic E-state index is 12.5. The zero-order valence-corrected chi connectivity index (χ0v) is 13.7. The average Bonchev–Trinajstić information content (AvgIpc) is 2.76. The van der Waals surface area contributed by atoms with Crippen LogP contribution in [0.4, 0.5) is 0 Å². The van der Waals surface area contributed by atoms with Crippen molar-refractivity contribution in [2.24, 2.45) is 0 Å². The molecule has 5 nitrogen and oxygen atoms in total. The maximum Gasteiger partial charge on any atom is 0.266 e. The van der Waals surface area contributed by atoms with Crippen LogP contribution in [-0.2, 0) is 9.59 Å². The van der Waals surface area contributed by atoms with Crippen LogP contribution < -0.4 is 5.11 Å². The van der Waals surface area contributed by atoms with Gasteiger partial charge in [0.05, 0.1) is 16.9 Å². The molecule has 1 atom stereocenters. The normalized spacial score (nSPS) is 18.0. The fourth-order valence-corrected chi connectivity index (χ4v) is 3.47. The first-order valence-corrected chi connectivity index (χ1v) is 8.15. The lowest BCUT2D eigenvalue weighted by Gasteiger charge is -2.27. The van der Waals surface area contributed by atoms with Gasteiger partial charge in [-0.05, 0) is 30.2 Å². The number of carbonyl (C=O) groups excluding carboxylic acids is 2. The molecule has 1 saturated heterocycles. The number of thioether (sulfide) groups is 1. The van der Waals surface area contributed by atoms with E-state index in [-0.39, 0.29) is 10.2 Å². The number of rotatable bonds is 6. The van der Waals surface area contributed by atoms with Gasteiger partial charge in [0.25, 0.3) is 5.91 Å². The number of carboxylic acid groups (broad SMARTS) is 1. The van der Waals surface area contributed by atoms with Crippen molar-refractivity contribution in [2.45, 2.75) is 32.2 Å². The Morgan fingerprint density at radius 2 is 2.18 bits per heavy atom. The van der Waals surface area contributed by atoms with Crippen LogP contribution in [0.15, 0.2) is 29.4 Å². The molecule has 7 heteroatoms.